The number of nitrogens with zero attached hydrogens (tertiary/aromatic N) is 2. The van der Waals surface area contributed by atoms with Crippen LogP contribution in [-0.2, 0) is 9.84 Å². The third-order valence-corrected chi connectivity index (χ3v) is 6.66. The molecule has 0 heterocycles. The second-order valence-corrected chi connectivity index (χ2v) is 10.4. The molecule has 0 aliphatic carbocycles. The van der Waals surface area contributed by atoms with Gasteiger partial charge >= 0.3 is 0 Å². The summed E-state index contributed by atoms with van der Waals surface area (Å²) in [5.41, 5.74) is 2.34. The van der Waals surface area contributed by atoms with E-state index in [1.165, 1.54) is 11.1 Å². The Morgan fingerprint density at radius 1 is 1.19 bits per heavy atom. The Balaban J connectivity index is 0.00000676. The van der Waals surface area contributed by atoms with E-state index in [1.54, 1.807) is 27.8 Å². The number of aliphatic imine (C=N–C) groups is 1. The Bertz CT molecular complexity index is 708. The van der Waals surface area contributed by atoms with Gasteiger partial charge in [0.2, 0.25) is 0 Å². The maximum atomic E-state index is 12.2. The standard InChI is InChI=1S/C19H33N3O3S.HI/c1-15-12-16(2)14-17(13-15)25-10-9-22(7)18(20-6)21-8-11-26(23,24)19(3,4)5;/h12-14H,8-11H2,1-7H3,(H,20,21);1H. The highest BCUT2D eigenvalue weighted by molar-refractivity contribution is 14.0. The van der Waals surface area contributed by atoms with Crippen molar-refractivity contribution in [1.29, 1.82) is 0 Å². The van der Waals surface area contributed by atoms with Gasteiger partial charge in [0.05, 0.1) is 17.0 Å². The first-order valence-corrected chi connectivity index (χ1v) is 10.5. The van der Waals surface area contributed by atoms with E-state index >= 15 is 0 Å². The smallest absolute Gasteiger partial charge is 0.193 e. The van der Waals surface area contributed by atoms with Crippen molar-refractivity contribution in [1.82, 2.24) is 10.2 Å². The molecule has 6 nitrogen and oxygen atoms in total. The summed E-state index contributed by atoms with van der Waals surface area (Å²) in [4.78, 5) is 6.13. The average molecular weight is 511 g/mol. The summed E-state index contributed by atoms with van der Waals surface area (Å²) in [5.74, 6) is 1.58. The van der Waals surface area contributed by atoms with Crippen molar-refractivity contribution in [2.75, 3.05) is 39.5 Å². The minimum Gasteiger partial charge on any atom is -0.492 e. The van der Waals surface area contributed by atoms with E-state index in [9.17, 15) is 8.42 Å². The van der Waals surface area contributed by atoms with Crippen LogP contribution < -0.4 is 10.1 Å². The lowest BCUT2D eigenvalue weighted by molar-refractivity contribution is 0.281. The lowest BCUT2D eigenvalue weighted by Crippen LogP contribution is -2.43. The van der Waals surface area contributed by atoms with Crippen molar-refractivity contribution >= 4 is 39.8 Å². The molecule has 0 atom stereocenters. The quantitative estimate of drug-likeness (QED) is 0.346. The van der Waals surface area contributed by atoms with Crippen molar-refractivity contribution in [2.24, 2.45) is 4.99 Å². The van der Waals surface area contributed by atoms with Gasteiger partial charge in [-0.05, 0) is 57.9 Å². The molecule has 0 saturated carbocycles. The highest BCUT2D eigenvalue weighted by Crippen LogP contribution is 2.16. The number of sulfone groups is 1. The summed E-state index contributed by atoms with van der Waals surface area (Å²) in [6, 6.07) is 6.13. The Kier molecular flexibility index (Phi) is 10.7. The number of nitrogens with one attached hydrogen (secondary N) is 1. The SMILES string of the molecule is CN=C(NCCS(=O)(=O)C(C)(C)C)N(C)CCOc1cc(C)cc(C)c1.I. The van der Waals surface area contributed by atoms with Crippen molar-refractivity contribution in [3.63, 3.8) is 0 Å². The molecule has 0 spiro atoms. The first-order chi connectivity index (χ1) is 12.0. The third-order valence-electron chi connectivity index (χ3n) is 4.05. The van der Waals surface area contributed by atoms with Crippen molar-refractivity contribution in [3.05, 3.63) is 29.3 Å². The lowest BCUT2D eigenvalue weighted by Gasteiger charge is -2.23. The summed E-state index contributed by atoms with van der Waals surface area (Å²) in [5, 5.41) is 3.11. The molecule has 1 aromatic carbocycles. The van der Waals surface area contributed by atoms with Gasteiger partial charge in [-0.1, -0.05) is 6.07 Å². The molecule has 8 heteroatoms. The van der Waals surface area contributed by atoms with Crippen LogP contribution in [0, 0.1) is 13.8 Å². The van der Waals surface area contributed by atoms with Crippen LogP contribution in [0.4, 0.5) is 0 Å². The van der Waals surface area contributed by atoms with Gasteiger partial charge in [0, 0.05) is 20.6 Å². The number of hydrogen-bond donors (Lipinski definition) is 1. The predicted molar refractivity (Wildman–Crippen MR) is 124 cm³/mol. The second kappa shape index (κ2) is 11.1. The number of rotatable bonds is 7. The number of halogens is 1. The van der Waals surface area contributed by atoms with E-state index in [-0.39, 0.29) is 29.7 Å². The normalized spacial score (nSPS) is 12.3. The molecular weight excluding hydrogens is 477 g/mol. The molecule has 0 saturated heterocycles. The fourth-order valence-corrected chi connectivity index (χ4v) is 3.39. The Labute approximate surface area is 181 Å². The van der Waals surface area contributed by atoms with Gasteiger partial charge in [-0.25, -0.2) is 8.42 Å². The maximum Gasteiger partial charge on any atom is 0.193 e. The van der Waals surface area contributed by atoms with Crippen molar-refractivity contribution in [2.45, 2.75) is 39.4 Å². The molecule has 27 heavy (non-hydrogen) atoms. The Hall–Kier alpha value is -1.03. The highest BCUT2D eigenvalue weighted by atomic mass is 127. The molecule has 0 aliphatic rings. The van der Waals surface area contributed by atoms with Crippen molar-refractivity contribution < 1.29 is 13.2 Å². The van der Waals surface area contributed by atoms with E-state index in [0.717, 1.165) is 5.75 Å². The molecule has 0 unspecified atom stereocenters. The summed E-state index contributed by atoms with van der Waals surface area (Å²) < 4.78 is 29.4. The molecule has 0 radical (unpaired) electrons. The largest absolute Gasteiger partial charge is 0.492 e. The predicted octanol–water partition coefficient (Wildman–Crippen LogP) is 3.02. The number of guanidine groups is 1. The zero-order valence-electron chi connectivity index (χ0n) is 17.5. The van der Waals surface area contributed by atoms with E-state index in [2.05, 4.69) is 16.4 Å². The minimum atomic E-state index is -3.15. The van der Waals surface area contributed by atoms with Gasteiger partial charge in [-0.3, -0.25) is 4.99 Å². The van der Waals surface area contributed by atoms with Gasteiger partial charge in [0.25, 0.3) is 0 Å². The van der Waals surface area contributed by atoms with Crippen LogP contribution in [0.5, 0.6) is 5.75 Å². The summed E-state index contributed by atoms with van der Waals surface area (Å²) >= 11 is 0. The molecule has 1 aromatic rings. The van der Waals surface area contributed by atoms with Gasteiger partial charge in [-0.2, -0.15) is 0 Å². The lowest BCUT2D eigenvalue weighted by atomic mass is 10.1. The molecule has 1 N–H and O–H groups in total. The Morgan fingerprint density at radius 3 is 2.22 bits per heavy atom. The summed E-state index contributed by atoms with van der Waals surface area (Å²) in [6.45, 7) is 10.7. The van der Waals surface area contributed by atoms with Crippen LogP contribution in [0.3, 0.4) is 0 Å². The number of likely N-dealkylation sites (N-methyl/N-ethyl adjacent to an activating group) is 1. The zero-order valence-corrected chi connectivity index (χ0v) is 20.6. The van der Waals surface area contributed by atoms with Crippen LogP contribution in [0.15, 0.2) is 23.2 Å². The monoisotopic (exact) mass is 511 g/mol. The second-order valence-electron chi connectivity index (χ2n) is 7.50. The molecule has 1 rings (SSSR count). The number of benzene rings is 1. The highest BCUT2D eigenvalue weighted by Gasteiger charge is 2.28. The van der Waals surface area contributed by atoms with Crippen LogP contribution in [0.1, 0.15) is 31.9 Å². The molecular formula is C19H34IN3O3S. The molecule has 156 valence electrons. The molecule has 0 aromatic heterocycles. The van der Waals surface area contributed by atoms with Gasteiger partial charge < -0.3 is 15.0 Å². The zero-order chi connectivity index (χ0) is 20.0. The molecule has 0 bridgehead atoms. The van der Waals surface area contributed by atoms with E-state index in [1.807, 2.05) is 37.9 Å². The van der Waals surface area contributed by atoms with Gasteiger partial charge in [0.15, 0.2) is 15.8 Å². The third kappa shape index (κ3) is 8.68. The number of ether oxygens (including phenoxy) is 1. The van der Waals surface area contributed by atoms with Gasteiger partial charge in [-0.15, -0.1) is 24.0 Å². The van der Waals surface area contributed by atoms with E-state index < -0.39 is 14.6 Å². The molecule has 0 fully saturated rings. The summed E-state index contributed by atoms with van der Waals surface area (Å²) in [6.07, 6.45) is 0. The first kappa shape index (κ1) is 26.0. The minimum absolute atomic E-state index is 0. The molecule has 0 amide bonds. The van der Waals surface area contributed by atoms with Crippen molar-refractivity contribution in [3.8, 4) is 5.75 Å². The average Bonchev–Trinajstić information content (AvgIpc) is 2.49. The van der Waals surface area contributed by atoms with Gasteiger partial charge in [0.1, 0.15) is 12.4 Å². The molecule has 0 aliphatic heterocycles. The van der Waals surface area contributed by atoms with Crippen LogP contribution >= 0.6 is 24.0 Å². The fraction of sp³-hybridized carbons (Fsp3) is 0.632. The van der Waals surface area contributed by atoms with E-state index in [4.69, 9.17) is 4.74 Å². The number of hydrogen-bond acceptors (Lipinski definition) is 4. The van der Waals surface area contributed by atoms with Crippen LogP contribution in [0.2, 0.25) is 0 Å². The fourth-order valence-electron chi connectivity index (χ4n) is 2.41. The number of aryl methyl sites for hydroxylation is 2. The first-order valence-electron chi connectivity index (χ1n) is 8.81. The maximum absolute atomic E-state index is 12.2. The van der Waals surface area contributed by atoms with E-state index in [0.29, 0.717) is 25.7 Å². The Morgan fingerprint density at radius 2 is 1.74 bits per heavy atom. The van der Waals surface area contributed by atoms with Crippen LogP contribution in [-0.4, -0.2) is 63.6 Å². The topological polar surface area (TPSA) is 71.0 Å². The summed E-state index contributed by atoms with van der Waals surface area (Å²) in [7, 11) is 0.434. The van der Waals surface area contributed by atoms with Crippen LogP contribution in [0.25, 0.3) is 0 Å².